The van der Waals surface area contributed by atoms with E-state index >= 15 is 0 Å². The first kappa shape index (κ1) is 18.5. The number of hydrogen-bond acceptors (Lipinski definition) is 7. The molecule has 1 saturated carbocycles. The quantitative estimate of drug-likeness (QED) is 0.587. The molecule has 2 heterocycles. The predicted molar refractivity (Wildman–Crippen MR) is 100 cm³/mol. The highest BCUT2D eigenvalue weighted by Crippen LogP contribution is 2.47. The van der Waals surface area contributed by atoms with E-state index in [-0.39, 0.29) is 29.3 Å². The van der Waals surface area contributed by atoms with Crippen LogP contribution in [0.1, 0.15) is 66.2 Å². The van der Waals surface area contributed by atoms with Gasteiger partial charge >= 0.3 is 11.6 Å². The molecule has 0 bridgehead atoms. The van der Waals surface area contributed by atoms with Gasteiger partial charge in [-0.1, -0.05) is 6.42 Å². The molecule has 28 heavy (non-hydrogen) atoms. The second-order valence-corrected chi connectivity index (χ2v) is 7.31. The maximum absolute atomic E-state index is 13.0. The Balaban J connectivity index is 1.89. The highest BCUT2D eigenvalue weighted by molar-refractivity contribution is 6.08. The van der Waals surface area contributed by atoms with E-state index < -0.39 is 17.2 Å². The van der Waals surface area contributed by atoms with Crippen molar-refractivity contribution in [2.75, 3.05) is 13.7 Å². The van der Waals surface area contributed by atoms with Crippen LogP contribution in [-0.4, -0.2) is 31.1 Å². The van der Waals surface area contributed by atoms with Gasteiger partial charge in [-0.25, -0.2) is 9.59 Å². The van der Waals surface area contributed by atoms with Crippen LogP contribution < -0.4 is 15.1 Å². The fraction of sp³-hybridized carbons (Fsp3) is 0.476. The molecule has 1 fully saturated rings. The lowest BCUT2D eigenvalue weighted by Gasteiger charge is -2.41. The Morgan fingerprint density at radius 3 is 2.61 bits per heavy atom. The van der Waals surface area contributed by atoms with Gasteiger partial charge in [-0.2, -0.15) is 0 Å². The molecular weight excluding hydrogens is 364 g/mol. The molecule has 0 amide bonds. The van der Waals surface area contributed by atoms with E-state index in [4.69, 9.17) is 18.6 Å². The molecule has 1 aromatic carbocycles. The number of carbonyl (C=O) groups excluding carboxylic acids is 2. The van der Waals surface area contributed by atoms with E-state index in [0.29, 0.717) is 23.1 Å². The number of methoxy groups -OCH3 is 1. The van der Waals surface area contributed by atoms with Gasteiger partial charge < -0.3 is 18.6 Å². The van der Waals surface area contributed by atoms with Crippen LogP contribution in [-0.2, 0) is 4.74 Å². The zero-order valence-electron chi connectivity index (χ0n) is 16.0. The van der Waals surface area contributed by atoms with Crippen molar-refractivity contribution in [2.24, 2.45) is 0 Å². The summed E-state index contributed by atoms with van der Waals surface area (Å²) in [6.07, 6.45) is 5.12. The van der Waals surface area contributed by atoms with E-state index in [1.807, 2.05) is 0 Å². The second-order valence-electron chi connectivity index (χ2n) is 7.31. The van der Waals surface area contributed by atoms with Gasteiger partial charge in [-0.3, -0.25) is 4.79 Å². The number of rotatable bonds is 3. The first-order valence-electron chi connectivity index (χ1n) is 9.56. The number of hydrogen-bond donors (Lipinski definition) is 0. The average molecular weight is 386 g/mol. The molecule has 148 valence electrons. The van der Waals surface area contributed by atoms with Crippen LogP contribution in [0, 0.1) is 0 Å². The summed E-state index contributed by atoms with van der Waals surface area (Å²) in [5, 5.41) is 0.362. The molecule has 1 aromatic heterocycles. The maximum atomic E-state index is 13.0. The first-order valence-corrected chi connectivity index (χ1v) is 9.56. The van der Waals surface area contributed by atoms with Gasteiger partial charge in [0.25, 0.3) is 0 Å². The largest absolute Gasteiger partial charge is 0.495 e. The van der Waals surface area contributed by atoms with Gasteiger partial charge in [0.1, 0.15) is 33.8 Å². The molecule has 0 radical (unpaired) electrons. The molecule has 2 aromatic rings. The molecule has 4 rings (SSSR count). The summed E-state index contributed by atoms with van der Waals surface area (Å²) in [5.41, 5.74) is -1.00. The van der Waals surface area contributed by atoms with Crippen LogP contribution in [0.4, 0.5) is 0 Å². The summed E-state index contributed by atoms with van der Waals surface area (Å²) in [4.78, 5) is 37.3. The zero-order chi connectivity index (χ0) is 19.9. The zero-order valence-corrected chi connectivity index (χ0v) is 16.0. The number of Topliss-reactive ketones (excluding diaryl/α,β-unsaturated/α-hetero) is 1. The normalized spacial score (nSPS) is 17.9. The van der Waals surface area contributed by atoms with Crippen molar-refractivity contribution in [1.82, 2.24) is 0 Å². The summed E-state index contributed by atoms with van der Waals surface area (Å²) in [6, 6.07) is 2.91. The third-order valence-electron chi connectivity index (χ3n) is 5.51. The topological polar surface area (TPSA) is 92.0 Å². The fourth-order valence-corrected chi connectivity index (χ4v) is 4.24. The lowest BCUT2D eigenvalue weighted by molar-refractivity contribution is 0.0133. The molecule has 0 atom stereocenters. The molecule has 1 aliphatic heterocycles. The standard InChI is InChI=1S/C21H22O7/c1-3-26-19(23)13-9-12-15(27-20(13)24)10-16-17(18(12)25-2)14(22)11-21(28-16)7-5-4-6-8-21/h9-10H,3-8,11H2,1-2H3. The van der Waals surface area contributed by atoms with Crippen molar-refractivity contribution in [3.63, 3.8) is 0 Å². The summed E-state index contributed by atoms with van der Waals surface area (Å²) < 4.78 is 22.0. The van der Waals surface area contributed by atoms with Crippen molar-refractivity contribution < 1.29 is 28.2 Å². The number of carbonyl (C=O) groups is 2. The molecule has 0 unspecified atom stereocenters. The predicted octanol–water partition coefficient (Wildman–Crippen LogP) is 3.65. The monoisotopic (exact) mass is 386 g/mol. The molecule has 0 N–H and O–H groups in total. The van der Waals surface area contributed by atoms with Crippen LogP contribution in [0.2, 0.25) is 0 Å². The van der Waals surface area contributed by atoms with Gasteiger partial charge in [0.05, 0.1) is 25.5 Å². The maximum Gasteiger partial charge on any atom is 0.351 e. The number of ketones is 1. The molecule has 1 aliphatic carbocycles. The van der Waals surface area contributed by atoms with E-state index in [0.717, 1.165) is 32.1 Å². The molecule has 7 heteroatoms. The Labute approximate surface area is 161 Å². The van der Waals surface area contributed by atoms with Crippen molar-refractivity contribution in [1.29, 1.82) is 0 Å². The van der Waals surface area contributed by atoms with Gasteiger partial charge in [0.15, 0.2) is 5.78 Å². The first-order chi connectivity index (χ1) is 13.5. The Morgan fingerprint density at radius 2 is 1.93 bits per heavy atom. The molecule has 7 nitrogen and oxygen atoms in total. The van der Waals surface area contributed by atoms with Crippen LogP contribution >= 0.6 is 0 Å². The van der Waals surface area contributed by atoms with Crippen LogP contribution in [0.5, 0.6) is 11.5 Å². The number of ether oxygens (including phenoxy) is 3. The lowest BCUT2D eigenvalue weighted by atomic mass is 9.78. The van der Waals surface area contributed by atoms with Gasteiger partial charge in [-0.05, 0) is 38.7 Å². The number of fused-ring (bicyclic) bond motifs is 2. The van der Waals surface area contributed by atoms with Crippen molar-refractivity contribution >= 4 is 22.7 Å². The van der Waals surface area contributed by atoms with Gasteiger partial charge in [0.2, 0.25) is 0 Å². The van der Waals surface area contributed by atoms with E-state index in [1.54, 1.807) is 13.0 Å². The Hall–Kier alpha value is -2.83. The summed E-state index contributed by atoms with van der Waals surface area (Å²) in [5.74, 6) is -0.223. The Morgan fingerprint density at radius 1 is 1.18 bits per heavy atom. The van der Waals surface area contributed by atoms with Crippen molar-refractivity contribution in [3.8, 4) is 11.5 Å². The fourth-order valence-electron chi connectivity index (χ4n) is 4.24. The van der Waals surface area contributed by atoms with Crippen LogP contribution in [0.3, 0.4) is 0 Å². The number of benzene rings is 1. The Kier molecular flexibility index (Phi) is 4.61. The molecule has 0 saturated heterocycles. The Bertz CT molecular complexity index is 1010. The molecular formula is C21H22O7. The minimum absolute atomic E-state index is 0.0641. The van der Waals surface area contributed by atoms with Crippen LogP contribution in [0.25, 0.3) is 11.0 Å². The van der Waals surface area contributed by atoms with Crippen molar-refractivity contribution in [2.45, 2.75) is 51.0 Å². The second kappa shape index (κ2) is 6.96. The molecule has 1 spiro atoms. The average Bonchev–Trinajstić information content (AvgIpc) is 2.66. The van der Waals surface area contributed by atoms with Gasteiger partial charge in [-0.15, -0.1) is 0 Å². The summed E-state index contributed by atoms with van der Waals surface area (Å²) >= 11 is 0. The minimum Gasteiger partial charge on any atom is -0.495 e. The molecule has 2 aliphatic rings. The van der Waals surface area contributed by atoms with Gasteiger partial charge in [0, 0.05) is 6.07 Å². The third kappa shape index (κ3) is 2.95. The SMILES string of the molecule is CCOC(=O)c1cc2c(OC)c3c(cc2oc1=O)OC1(CCCCC1)CC3=O. The lowest BCUT2D eigenvalue weighted by Crippen LogP contribution is -2.43. The summed E-state index contributed by atoms with van der Waals surface area (Å²) in [7, 11) is 1.43. The van der Waals surface area contributed by atoms with E-state index in [2.05, 4.69) is 0 Å². The van der Waals surface area contributed by atoms with Crippen molar-refractivity contribution in [3.05, 3.63) is 33.7 Å². The van der Waals surface area contributed by atoms with E-state index in [1.165, 1.54) is 13.2 Å². The highest BCUT2D eigenvalue weighted by Gasteiger charge is 2.43. The highest BCUT2D eigenvalue weighted by atomic mass is 16.5. The smallest absolute Gasteiger partial charge is 0.351 e. The third-order valence-corrected chi connectivity index (χ3v) is 5.51. The number of esters is 1. The van der Waals surface area contributed by atoms with E-state index in [9.17, 15) is 14.4 Å². The summed E-state index contributed by atoms with van der Waals surface area (Å²) in [6.45, 7) is 1.78. The van der Waals surface area contributed by atoms with Crippen LogP contribution in [0.15, 0.2) is 21.3 Å². The minimum atomic E-state index is -0.803.